The lowest BCUT2D eigenvalue weighted by Gasteiger charge is -2.29. The molecule has 23 heavy (non-hydrogen) atoms. The Morgan fingerprint density at radius 1 is 1.13 bits per heavy atom. The fourth-order valence-corrected chi connectivity index (χ4v) is 3.48. The van der Waals surface area contributed by atoms with E-state index in [1.165, 1.54) is 6.42 Å². The molecule has 2 unspecified atom stereocenters. The van der Waals surface area contributed by atoms with Gasteiger partial charge in [-0.05, 0) is 50.7 Å². The van der Waals surface area contributed by atoms with Crippen LogP contribution in [0.4, 0.5) is 0 Å². The number of carbonyl (C=O) groups is 2. The Hall–Kier alpha value is -1.84. The van der Waals surface area contributed by atoms with Gasteiger partial charge in [-0.2, -0.15) is 0 Å². The summed E-state index contributed by atoms with van der Waals surface area (Å²) in [5.74, 6) is -0.142. The van der Waals surface area contributed by atoms with Crippen LogP contribution in [0.1, 0.15) is 59.7 Å². The molecule has 0 aromatic heterocycles. The zero-order valence-electron chi connectivity index (χ0n) is 14.6. The highest BCUT2D eigenvalue weighted by molar-refractivity contribution is 5.94. The number of amides is 1. The molecular weight excluding hydrogens is 290 g/mol. The van der Waals surface area contributed by atoms with Gasteiger partial charge in [0.25, 0.3) is 5.91 Å². The fraction of sp³-hybridized carbons (Fsp3) is 0.579. The molecule has 1 aliphatic carbocycles. The molecule has 126 valence electrons. The van der Waals surface area contributed by atoms with Gasteiger partial charge in [0.15, 0.2) is 6.61 Å². The molecule has 1 aliphatic rings. The van der Waals surface area contributed by atoms with Gasteiger partial charge >= 0.3 is 5.97 Å². The first kappa shape index (κ1) is 17.5. The van der Waals surface area contributed by atoms with E-state index in [1.54, 1.807) is 0 Å². The molecule has 0 radical (unpaired) electrons. The number of rotatable bonds is 4. The van der Waals surface area contributed by atoms with Gasteiger partial charge in [0, 0.05) is 6.04 Å². The number of esters is 1. The molecule has 1 amide bonds. The van der Waals surface area contributed by atoms with E-state index in [2.05, 4.69) is 12.2 Å². The summed E-state index contributed by atoms with van der Waals surface area (Å²) in [6.45, 7) is 7.72. The van der Waals surface area contributed by atoms with Gasteiger partial charge in [-0.1, -0.05) is 37.5 Å². The number of benzene rings is 1. The second kappa shape index (κ2) is 7.62. The van der Waals surface area contributed by atoms with E-state index in [-0.39, 0.29) is 18.6 Å². The summed E-state index contributed by atoms with van der Waals surface area (Å²) in [6.07, 6.45) is 4.54. The fourth-order valence-electron chi connectivity index (χ4n) is 3.48. The molecule has 0 spiro atoms. The molecule has 0 saturated heterocycles. The molecule has 4 heteroatoms. The van der Waals surface area contributed by atoms with Gasteiger partial charge in [-0.15, -0.1) is 0 Å². The largest absolute Gasteiger partial charge is 0.452 e. The van der Waals surface area contributed by atoms with Gasteiger partial charge in [0.1, 0.15) is 0 Å². The standard InChI is InChI=1S/C19H27NO3/c1-12-9-14(3)18(15(4)10-12)19(22)23-11-17(21)20-16-8-6-5-7-13(16)2/h9-10,13,16H,5-8,11H2,1-4H3,(H,20,21). The molecule has 2 rings (SSSR count). The van der Waals surface area contributed by atoms with Gasteiger partial charge < -0.3 is 10.1 Å². The quantitative estimate of drug-likeness (QED) is 0.865. The lowest BCUT2D eigenvalue weighted by Crippen LogP contribution is -2.42. The number of aryl methyl sites for hydroxylation is 3. The van der Waals surface area contributed by atoms with Crippen LogP contribution in [0, 0.1) is 26.7 Å². The van der Waals surface area contributed by atoms with Crippen molar-refractivity contribution in [1.82, 2.24) is 5.32 Å². The van der Waals surface area contributed by atoms with E-state index in [9.17, 15) is 9.59 Å². The van der Waals surface area contributed by atoms with Crippen molar-refractivity contribution in [2.24, 2.45) is 5.92 Å². The average molecular weight is 317 g/mol. The van der Waals surface area contributed by atoms with Crippen LogP contribution in [0.15, 0.2) is 12.1 Å². The Balaban J connectivity index is 1.90. The molecule has 1 N–H and O–H groups in total. The average Bonchev–Trinajstić information content (AvgIpc) is 2.46. The highest BCUT2D eigenvalue weighted by Gasteiger charge is 2.23. The molecule has 4 nitrogen and oxygen atoms in total. The summed E-state index contributed by atoms with van der Waals surface area (Å²) in [5.41, 5.74) is 3.44. The van der Waals surface area contributed by atoms with E-state index in [4.69, 9.17) is 4.74 Å². The Morgan fingerprint density at radius 3 is 2.35 bits per heavy atom. The highest BCUT2D eigenvalue weighted by Crippen LogP contribution is 2.23. The summed E-state index contributed by atoms with van der Waals surface area (Å²) >= 11 is 0. The Kier molecular flexibility index (Phi) is 5.80. The van der Waals surface area contributed by atoms with E-state index in [1.807, 2.05) is 32.9 Å². The van der Waals surface area contributed by atoms with E-state index in [0.717, 1.165) is 36.0 Å². The van der Waals surface area contributed by atoms with Crippen molar-refractivity contribution in [3.8, 4) is 0 Å². The van der Waals surface area contributed by atoms with Crippen molar-refractivity contribution < 1.29 is 14.3 Å². The minimum atomic E-state index is -0.424. The molecule has 1 saturated carbocycles. The predicted molar refractivity (Wildman–Crippen MR) is 90.5 cm³/mol. The molecule has 2 atom stereocenters. The van der Waals surface area contributed by atoms with E-state index in [0.29, 0.717) is 11.5 Å². The van der Waals surface area contributed by atoms with Crippen LogP contribution in [0.2, 0.25) is 0 Å². The number of hydrogen-bond donors (Lipinski definition) is 1. The van der Waals surface area contributed by atoms with Crippen molar-refractivity contribution in [3.63, 3.8) is 0 Å². The van der Waals surface area contributed by atoms with Crippen molar-refractivity contribution >= 4 is 11.9 Å². The first-order valence-corrected chi connectivity index (χ1v) is 8.43. The molecule has 1 aromatic carbocycles. The Bertz CT molecular complexity index is 571. The van der Waals surface area contributed by atoms with Crippen LogP contribution in [0.5, 0.6) is 0 Å². The van der Waals surface area contributed by atoms with Gasteiger partial charge in [0.05, 0.1) is 5.56 Å². The van der Waals surface area contributed by atoms with Crippen LogP contribution >= 0.6 is 0 Å². The number of nitrogens with one attached hydrogen (secondary N) is 1. The van der Waals surface area contributed by atoms with Crippen LogP contribution in [-0.4, -0.2) is 24.5 Å². The van der Waals surface area contributed by atoms with Crippen LogP contribution in [-0.2, 0) is 9.53 Å². The molecule has 0 bridgehead atoms. The summed E-state index contributed by atoms with van der Waals surface area (Å²) in [5, 5.41) is 3.00. The SMILES string of the molecule is Cc1cc(C)c(C(=O)OCC(=O)NC2CCCCC2C)c(C)c1. The first-order valence-electron chi connectivity index (χ1n) is 8.43. The topological polar surface area (TPSA) is 55.4 Å². The molecule has 0 aliphatic heterocycles. The third-order valence-corrected chi connectivity index (χ3v) is 4.67. The smallest absolute Gasteiger partial charge is 0.339 e. The second-order valence-electron chi connectivity index (χ2n) is 6.79. The Labute approximate surface area is 138 Å². The second-order valence-corrected chi connectivity index (χ2v) is 6.79. The van der Waals surface area contributed by atoms with E-state index >= 15 is 0 Å². The summed E-state index contributed by atoms with van der Waals surface area (Å²) in [4.78, 5) is 24.3. The lowest BCUT2D eigenvalue weighted by molar-refractivity contribution is -0.125. The highest BCUT2D eigenvalue weighted by atomic mass is 16.5. The van der Waals surface area contributed by atoms with Crippen molar-refractivity contribution in [2.75, 3.05) is 6.61 Å². The zero-order valence-corrected chi connectivity index (χ0v) is 14.6. The van der Waals surface area contributed by atoms with Gasteiger partial charge in [-0.3, -0.25) is 4.79 Å². The maximum absolute atomic E-state index is 12.3. The summed E-state index contributed by atoms with van der Waals surface area (Å²) in [6, 6.07) is 4.11. The van der Waals surface area contributed by atoms with Crippen molar-refractivity contribution in [2.45, 2.75) is 59.4 Å². The van der Waals surface area contributed by atoms with Crippen molar-refractivity contribution in [3.05, 3.63) is 34.4 Å². The molecule has 0 heterocycles. The number of carbonyl (C=O) groups excluding carboxylic acids is 2. The van der Waals surface area contributed by atoms with Crippen LogP contribution in [0.25, 0.3) is 0 Å². The van der Waals surface area contributed by atoms with Crippen LogP contribution in [0.3, 0.4) is 0 Å². The molecular formula is C19H27NO3. The molecule has 1 aromatic rings. The lowest BCUT2D eigenvalue weighted by atomic mass is 9.86. The summed E-state index contributed by atoms with van der Waals surface area (Å²) < 4.78 is 5.22. The first-order chi connectivity index (χ1) is 10.9. The monoisotopic (exact) mass is 317 g/mol. The maximum Gasteiger partial charge on any atom is 0.339 e. The normalized spacial score (nSPS) is 20.9. The summed E-state index contributed by atoms with van der Waals surface area (Å²) in [7, 11) is 0. The minimum Gasteiger partial charge on any atom is -0.452 e. The minimum absolute atomic E-state index is 0.206. The number of ether oxygens (including phenoxy) is 1. The third-order valence-electron chi connectivity index (χ3n) is 4.67. The third kappa shape index (κ3) is 4.57. The maximum atomic E-state index is 12.3. The Morgan fingerprint density at radius 2 is 1.74 bits per heavy atom. The van der Waals surface area contributed by atoms with E-state index < -0.39 is 5.97 Å². The van der Waals surface area contributed by atoms with Crippen LogP contribution < -0.4 is 5.32 Å². The van der Waals surface area contributed by atoms with Gasteiger partial charge in [-0.25, -0.2) is 4.79 Å². The van der Waals surface area contributed by atoms with Crippen molar-refractivity contribution in [1.29, 1.82) is 0 Å². The zero-order chi connectivity index (χ0) is 17.0. The predicted octanol–water partition coefficient (Wildman–Crippen LogP) is 3.46. The number of hydrogen-bond acceptors (Lipinski definition) is 3. The molecule has 1 fully saturated rings. The van der Waals surface area contributed by atoms with Gasteiger partial charge in [0.2, 0.25) is 0 Å².